The van der Waals surface area contributed by atoms with Gasteiger partial charge in [-0.25, -0.2) is 9.37 Å². The van der Waals surface area contributed by atoms with Crippen LogP contribution in [-0.4, -0.2) is 12.1 Å². The number of nitrogens with zero attached hydrogens (tertiary/aromatic N) is 1. The maximum atomic E-state index is 13.8. The molecule has 0 atom stereocenters. The number of halogens is 1. The highest BCUT2D eigenvalue weighted by molar-refractivity contribution is 7.13. The van der Waals surface area contributed by atoms with E-state index < -0.39 is 0 Å². The van der Waals surface area contributed by atoms with Gasteiger partial charge in [-0.05, 0) is 25.0 Å². The lowest BCUT2D eigenvalue weighted by molar-refractivity contribution is 0.413. The highest BCUT2D eigenvalue weighted by Crippen LogP contribution is 2.43. The molecular weight excluding hydrogens is 237 g/mol. The van der Waals surface area contributed by atoms with Crippen LogP contribution in [0.1, 0.15) is 24.5 Å². The van der Waals surface area contributed by atoms with E-state index in [4.69, 9.17) is 4.74 Å². The van der Waals surface area contributed by atoms with Crippen molar-refractivity contribution in [3.8, 4) is 16.3 Å². The van der Waals surface area contributed by atoms with Crippen molar-refractivity contribution in [2.75, 3.05) is 7.11 Å². The molecule has 0 amide bonds. The summed E-state index contributed by atoms with van der Waals surface area (Å²) < 4.78 is 19.0. The zero-order valence-corrected chi connectivity index (χ0v) is 10.3. The van der Waals surface area contributed by atoms with Crippen LogP contribution in [-0.2, 0) is 0 Å². The molecule has 0 aliphatic heterocycles. The van der Waals surface area contributed by atoms with Crippen molar-refractivity contribution in [3.63, 3.8) is 0 Å². The van der Waals surface area contributed by atoms with Crippen molar-refractivity contribution in [3.05, 3.63) is 35.1 Å². The molecule has 1 aromatic heterocycles. The van der Waals surface area contributed by atoms with Gasteiger partial charge in [-0.1, -0.05) is 6.07 Å². The number of thiazole rings is 1. The summed E-state index contributed by atoms with van der Waals surface area (Å²) >= 11 is 1.48. The van der Waals surface area contributed by atoms with E-state index in [0.29, 0.717) is 22.2 Å². The first kappa shape index (κ1) is 10.7. The van der Waals surface area contributed by atoms with Gasteiger partial charge in [0, 0.05) is 11.3 Å². The number of hydrogen-bond acceptors (Lipinski definition) is 3. The molecule has 1 aliphatic rings. The predicted molar refractivity (Wildman–Crippen MR) is 66.0 cm³/mol. The molecule has 3 rings (SSSR count). The van der Waals surface area contributed by atoms with E-state index >= 15 is 0 Å². The fourth-order valence-corrected chi connectivity index (χ4v) is 2.80. The molecule has 0 bridgehead atoms. The van der Waals surface area contributed by atoms with E-state index in [0.717, 1.165) is 5.69 Å². The second kappa shape index (κ2) is 4.11. The number of rotatable bonds is 3. The van der Waals surface area contributed by atoms with E-state index in [1.807, 2.05) is 5.38 Å². The van der Waals surface area contributed by atoms with Crippen LogP contribution in [0.4, 0.5) is 4.39 Å². The molecule has 2 aromatic rings. The first-order valence-electron chi connectivity index (χ1n) is 5.58. The topological polar surface area (TPSA) is 22.1 Å². The smallest absolute Gasteiger partial charge is 0.137 e. The summed E-state index contributed by atoms with van der Waals surface area (Å²) in [4.78, 5) is 4.51. The van der Waals surface area contributed by atoms with E-state index in [9.17, 15) is 4.39 Å². The average molecular weight is 249 g/mol. The van der Waals surface area contributed by atoms with Gasteiger partial charge in [-0.15, -0.1) is 11.3 Å². The first-order valence-corrected chi connectivity index (χ1v) is 6.46. The third-order valence-corrected chi connectivity index (χ3v) is 3.80. The van der Waals surface area contributed by atoms with Crippen molar-refractivity contribution in [1.29, 1.82) is 0 Å². The average Bonchev–Trinajstić information content (AvgIpc) is 3.08. The van der Waals surface area contributed by atoms with Gasteiger partial charge in [0.25, 0.3) is 0 Å². The van der Waals surface area contributed by atoms with E-state index in [1.54, 1.807) is 19.2 Å². The maximum Gasteiger partial charge on any atom is 0.137 e. The summed E-state index contributed by atoms with van der Waals surface area (Å²) in [5, 5.41) is 2.74. The molecule has 0 spiro atoms. The van der Waals surface area contributed by atoms with Crippen LogP contribution in [0.5, 0.6) is 5.75 Å². The monoisotopic (exact) mass is 249 g/mol. The van der Waals surface area contributed by atoms with Crippen LogP contribution >= 0.6 is 11.3 Å². The molecule has 0 saturated heterocycles. The second-order valence-corrected chi connectivity index (χ2v) is 5.03. The lowest BCUT2D eigenvalue weighted by Crippen LogP contribution is -1.91. The molecule has 0 unspecified atom stereocenters. The van der Waals surface area contributed by atoms with Gasteiger partial charge < -0.3 is 4.74 Å². The SMILES string of the molecule is COc1cccc(F)c1-c1nc(C2CC2)cs1. The van der Waals surface area contributed by atoms with Crippen molar-refractivity contribution in [2.45, 2.75) is 18.8 Å². The Morgan fingerprint density at radius 1 is 1.41 bits per heavy atom. The zero-order chi connectivity index (χ0) is 11.8. The Balaban J connectivity index is 2.06. The minimum Gasteiger partial charge on any atom is -0.496 e. The zero-order valence-electron chi connectivity index (χ0n) is 9.44. The van der Waals surface area contributed by atoms with Gasteiger partial charge in [-0.2, -0.15) is 0 Å². The number of aromatic nitrogens is 1. The normalized spacial score (nSPS) is 14.9. The molecule has 2 nitrogen and oxygen atoms in total. The molecule has 0 radical (unpaired) electrons. The Morgan fingerprint density at radius 2 is 2.24 bits per heavy atom. The first-order chi connectivity index (χ1) is 8.29. The second-order valence-electron chi connectivity index (χ2n) is 4.17. The molecule has 1 aliphatic carbocycles. The lowest BCUT2D eigenvalue weighted by atomic mass is 10.2. The van der Waals surface area contributed by atoms with Gasteiger partial charge in [-0.3, -0.25) is 0 Å². The van der Waals surface area contributed by atoms with Crippen LogP contribution in [0.25, 0.3) is 10.6 Å². The summed E-state index contributed by atoms with van der Waals surface area (Å²) in [6.45, 7) is 0. The Morgan fingerprint density at radius 3 is 2.94 bits per heavy atom. The van der Waals surface area contributed by atoms with Gasteiger partial charge in [0.15, 0.2) is 0 Å². The van der Waals surface area contributed by atoms with E-state index in [1.165, 1.54) is 30.2 Å². The predicted octanol–water partition coefficient (Wildman–Crippen LogP) is 3.84. The van der Waals surface area contributed by atoms with Crippen LogP contribution in [0.2, 0.25) is 0 Å². The fourth-order valence-electron chi connectivity index (χ4n) is 1.85. The van der Waals surface area contributed by atoms with Crippen LogP contribution in [0.3, 0.4) is 0 Å². The molecule has 88 valence electrons. The minimum absolute atomic E-state index is 0.277. The summed E-state index contributed by atoms with van der Waals surface area (Å²) in [7, 11) is 1.55. The molecule has 1 saturated carbocycles. The molecule has 0 N–H and O–H groups in total. The number of hydrogen-bond donors (Lipinski definition) is 0. The van der Waals surface area contributed by atoms with Crippen LogP contribution < -0.4 is 4.74 Å². The minimum atomic E-state index is -0.277. The Kier molecular flexibility index (Phi) is 2.59. The van der Waals surface area contributed by atoms with Crippen LogP contribution in [0.15, 0.2) is 23.6 Å². The van der Waals surface area contributed by atoms with Gasteiger partial charge in [0.05, 0.1) is 18.4 Å². The number of methoxy groups -OCH3 is 1. The number of benzene rings is 1. The molecule has 1 fully saturated rings. The maximum absolute atomic E-state index is 13.8. The standard InChI is InChI=1S/C13H12FNOS/c1-16-11-4-2-3-9(14)12(11)13-15-10(7-17-13)8-5-6-8/h2-4,7-8H,5-6H2,1H3. The Bertz CT molecular complexity index is 548. The largest absolute Gasteiger partial charge is 0.496 e. The lowest BCUT2D eigenvalue weighted by Gasteiger charge is -2.06. The van der Waals surface area contributed by atoms with Gasteiger partial charge in [0.2, 0.25) is 0 Å². The van der Waals surface area contributed by atoms with Gasteiger partial charge >= 0.3 is 0 Å². The quantitative estimate of drug-likeness (QED) is 0.824. The number of ether oxygens (including phenoxy) is 1. The third-order valence-electron chi connectivity index (χ3n) is 2.93. The molecular formula is C13H12FNOS. The van der Waals surface area contributed by atoms with E-state index in [2.05, 4.69) is 4.98 Å². The summed E-state index contributed by atoms with van der Waals surface area (Å²) in [6.07, 6.45) is 2.41. The molecule has 17 heavy (non-hydrogen) atoms. The van der Waals surface area contributed by atoms with Crippen LogP contribution in [0, 0.1) is 5.82 Å². The van der Waals surface area contributed by atoms with Gasteiger partial charge in [0.1, 0.15) is 16.6 Å². The Hall–Kier alpha value is -1.42. The van der Waals surface area contributed by atoms with Crippen molar-refractivity contribution >= 4 is 11.3 Å². The third kappa shape index (κ3) is 1.93. The Labute approximate surface area is 103 Å². The highest BCUT2D eigenvalue weighted by atomic mass is 32.1. The van der Waals surface area contributed by atoms with Crippen molar-refractivity contribution in [2.24, 2.45) is 0 Å². The molecule has 1 aromatic carbocycles. The summed E-state index contributed by atoms with van der Waals surface area (Å²) in [5.74, 6) is 0.862. The highest BCUT2D eigenvalue weighted by Gasteiger charge is 2.27. The van der Waals surface area contributed by atoms with Crippen molar-refractivity contribution in [1.82, 2.24) is 4.98 Å². The molecule has 4 heteroatoms. The van der Waals surface area contributed by atoms with E-state index in [-0.39, 0.29) is 5.82 Å². The summed E-state index contributed by atoms with van der Waals surface area (Å²) in [5.41, 5.74) is 1.57. The fraction of sp³-hybridized carbons (Fsp3) is 0.308. The van der Waals surface area contributed by atoms with Crippen molar-refractivity contribution < 1.29 is 9.13 Å². The summed E-state index contributed by atoms with van der Waals surface area (Å²) in [6, 6.07) is 4.85. The molecule has 1 heterocycles.